The average molecular weight is 397 g/mol. The van der Waals surface area contributed by atoms with E-state index in [1.165, 1.54) is 12.1 Å². The van der Waals surface area contributed by atoms with E-state index < -0.39 is 10.0 Å². The molecule has 0 bridgehead atoms. The van der Waals surface area contributed by atoms with Crippen LogP contribution in [0.4, 0.5) is 11.4 Å². The van der Waals surface area contributed by atoms with Crippen molar-refractivity contribution in [3.63, 3.8) is 0 Å². The van der Waals surface area contributed by atoms with Gasteiger partial charge in [0.2, 0.25) is 5.91 Å². The molecule has 0 saturated heterocycles. The third kappa shape index (κ3) is 3.94. The second-order valence-electron chi connectivity index (χ2n) is 5.86. The zero-order chi connectivity index (χ0) is 18.2. The molecular weight excluding hydrogens is 380 g/mol. The first-order valence-electron chi connectivity index (χ1n) is 7.65. The van der Waals surface area contributed by atoms with Gasteiger partial charge in [0.1, 0.15) is 0 Å². The monoisotopic (exact) mass is 396 g/mol. The highest BCUT2D eigenvalue weighted by atomic mass is 35.5. The Balaban J connectivity index is 1.96. The van der Waals surface area contributed by atoms with Gasteiger partial charge in [0.25, 0.3) is 10.0 Å². The van der Waals surface area contributed by atoms with Crippen LogP contribution >= 0.6 is 23.4 Å². The predicted molar refractivity (Wildman–Crippen MR) is 102 cm³/mol. The van der Waals surface area contributed by atoms with Crippen LogP contribution in [0.1, 0.15) is 18.9 Å². The van der Waals surface area contributed by atoms with Crippen molar-refractivity contribution in [1.29, 1.82) is 0 Å². The van der Waals surface area contributed by atoms with Gasteiger partial charge in [-0.15, -0.1) is 11.8 Å². The van der Waals surface area contributed by atoms with E-state index in [2.05, 4.69) is 10.0 Å². The summed E-state index contributed by atoms with van der Waals surface area (Å²) in [5.41, 5.74) is 1.60. The normalized spacial score (nSPS) is 17.4. The Morgan fingerprint density at radius 2 is 2.04 bits per heavy atom. The Morgan fingerprint density at radius 3 is 2.80 bits per heavy atom. The number of sulfonamides is 1. The van der Waals surface area contributed by atoms with Gasteiger partial charge in [0.15, 0.2) is 0 Å². The molecule has 0 spiro atoms. The van der Waals surface area contributed by atoms with E-state index in [0.29, 0.717) is 28.4 Å². The number of anilines is 2. The van der Waals surface area contributed by atoms with Crippen LogP contribution in [0.15, 0.2) is 46.2 Å². The number of thioether (sulfide) groups is 1. The highest BCUT2D eigenvalue weighted by molar-refractivity contribution is 8.00. The van der Waals surface area contributed by atoms with Gasteiger partial charge >= 0.3 is 0 Å². The zero-order valence-electron chi connectivity index (χ0n) is 13.7. The molecule has 132 valence electrons. The van der Waals surface area contributed by atoms with E-state index in [1.807, 2.05) is 6.92 Å². The quantitative estimate of drug-likeness (QED) is 0.812. The lowest BCUT2D eigenvalue weighted by atomic mass is 10.2. The Morgan fingerprint density at radius 1 is 1.28 bits per heavy atom. The highest BCUT2D eigenvalue weighted by Gasteiger charge is 2.22. The molecule has 1 unspecified atom stereocenters. The second kappa shape index (κ2) is 6.90. The number of nitrogens with one attached hydrogen (secondary N) is 2. The van der Waals surface area contributed by atoms with Crippen LogP contribution in [-0.2, 0) is 14.8 Å². The van der Waals surface area contributed by atoms with E-state index in [4.69, 9.17) is 11.6 Å². The fourth-order valence-corrected chi connectivity index (χ4v) is 4.89. The van der Waals surface area contributed by atoms with E-state index in [1.54, 1.807) is 43.0 Å². The van der Waals surface area contributed by atoms with Crippen molar-refractivity contribution < 1.29 is 13.2 Å². The molecule has 2 aromatic rings. The number of fused-ring (bicyclic) bond motifs is 1. The van der Waals surface area contributed by atoms with Crippen LogP contribution < -0.4 is 10.0 Å². The number of carbonyl (C=O) groups excluding carboxylic acids is 1. The first kappa shape index (κ1) is 18.1. The van der Waals surface area contributed by atoms with Crippen molar-refractivity contribution in [2.24, 2.45) is 0 Å². The van der Waals surface area contributed by atoms with Gasteiger partial charge in [0, 0.05) is 21.6 Å². The summed E-state index contributed by atoms with van der Waals surface area (Å²) in [4.78, 5) is 12.8. The maximum Gasteiger partial charge on any atom is 0.261 e. The molecule has 0 aliphatic carbocycles. The number of benzene rings is 2. The number of amides is 1. The van der Waals surface area contributed by atoms with Crippen LogP contribution in [0.25, 0.3) is 0 Å². The van der Waals surface area contributed by atoms with Crippen molar-refractivity contribution in [3.05, 3.63) is 47.0 Å². The predicted octanol–water partition coefficient (Wildman–Crippen LogP) is 4.27. The Labute approximate surface area is 156 Å². The van der Waals surface area contributed by atoms with Crippen LogP contribution in [0.5, 0.6) is 0 Å². The summed E-state index contributed by atoms with van der Waals surface area (Å²) in [6.45, 7) is 3.71. The highest BCUT2D eigenvalue weighted by Crippen LogP contribution is 2.36. The molecule has 1 amide bonds. The van der Waals surface area contributed by atoms with Gasteiger partial charge in [-0.05, 0) is 42.8 Å². The first-order valence-corrected chi connectivity index (χ1v) is 10.4. The summed E-state index contributed by atoms with van der Waals surface area (Å²) < 4.78 is 28.0. The summed E-state index contributed by atoms with van der Waals surface area (Å²) in [7, 11) is -3.80. The number of rotatable bonds is 3. The first-order chi connectivity index (χ1) is 11.8. The standard InChI is InChI=1S/C17H17ClN2O3S2/c1-10-8-17(21)19-15-9-12(6-7-16(15)24-10)25(22,23)20-14-5-3-4-13(18)11(14)2/h3-7,9-10,20H,8H2,1-2H3,(H,19,21). The van der Waals surface area contributed by atoms with Crippen molar-refractivity contribution >= 4 is 50.7 Å². The van der Waals surface area contributed by atoms with Crippen molar-refractivity contribution in [2.45, 2.75) is 35.3 Å². The molecule has 5 nitrogen and oxygen atoms in total. The molecule has 3 rings (SSSR count). The van der Waals surface area contributed by atoms with Gasteiger partial charge in [-0.3, -0.25) is 9.52 Å². The molecule has 0 fully saturated rings. The molecule has 0 saturated carbocycles. The maximum absolute atomic E-state index is 12.7. The fraction of sp³-hybridized carbons (Fsp3) is 0.235. The lowest BCUT2D eigenvalue weighted by Gasteiger charge is -2.13. The Hall–Kier alpha value is -1.70. The van der Waals surface area contributed by atoms with E-state index >= 15 is 0 Å². The molecule has 1 heterocycles. The van der Waals surface area contributed by atoms with E-state index in [0.717, 1.165) is 4.90 Å². The van der Waals surface area contributed by atoms with Gasteiger partial charge in [-0.2, -0.15) is 0 Å². The molecule has 0 radical (unpaired) electrons. The molecule has 1 aliphatic heterocycles. The number of carbonyl (C=O) groups is 1. The van der Waals surface area contributed by atoms with Crippen LogP contribution in [-0.4, -0.2) is 19.6 Å². The summed E-state index contributed by atoms with van der Waals surface area (Å²) in [6.07, 6.45) is 0.390. The minimum absolute atomic E-state index is 0.0843. The summed E-state index contributed by atoms with van der Waals surface area (Å²) in [5, 5.41) is 3.40. The maximum atomic E-state index is 12.7. The largest absolute Gasteiger partial charge is 0.325 e. The third-order valence-electron chi connectivity index (χ3n) is 3.85. The van der Waals surface area contributed by atoms with E-state index in [9.17, 15) is 13.2 Å². The lowest BCUT2D eigenvalue weighted by Crippen LogP contribution is -2.15. The van der Waals surface area contributed by atoms with Gasteiger partial charge in [-0.25, -0.2) is 8.42 Å². The van der Waals surface area contributed by atoms with Gasteiger partial charge < -0.3 is 5.32 Å². The smallest absolute Gasteiger partial charge is 0.261 e. The molecule has 2 N–H and O–H groups in total. The van der Waals surface area contributed by atoms with Gasteiger partial charge in [-0.1, -0.05) is 24.6 Å². The van der Waals surface area contributed by atoms with Crippen molar-refractivity contribution in [3.8, 4) is 0 Å². The van der Waals surface area contributed by atoms with Crippen molar-refractivity contribution in [1.82, 2.24) is 0 Å². The average Bonchev–Trinajstić information content (AvgIpc) is 2.67. The molecule has 2 aromatic carbocycles. The summed E-state index contributed by atoms with van der Waals surface area (Å²) >= 11 is 7.59. The Kier molecular flexibility index (Phi) is 4.99. The number of halogens is 1. The molecule has 25 heavy (non-hydrogen) atoms. The molecular formula is C17H17ClN2O3S2. The molecule has 1 aliphatic rings. The van der Waals surface area contributed by atoms with Crippen LogP contribution in [0.2, 0.25) is 5.02 Å². The minimum atomic E-state index is -3.80. The van der Waals surface area contributed by atoms with E-state index in [-0.39, 0.29) is 16.1 Å². The van der Waals surface area contributed by atoms with Crippen molar-refractivity contribution in [2.75, 3.05) is 10.0 Å². The zero-order valence-corrected chi connectivity index (χ0v) is 16.1. The minimum Gasteiger partial charge on any atom is -0.325 e. The molecule has 8 heteroatoms. The van der Waals surface area contributed by atoms with Crippen LogP contribution in [0, 0.1) is 6.92 Å². The summed E-state index contributed by atoms with van der Waals surface area (Å²) in [5.74, 6) is -0.119. The Bertz CT molecular complexity index is 945. The van der Waals surface area contributed by atoms with Gasteiger partial charge in [0.05, 0.1) is 16.3 Å². The third-order valence-corrected chi connectivity index (χ3v) is 6.80. The SMILES string of the molecule is Cc1c(Cl)cccc1NS(=O)(=O)c1ccc2c(c1)NC(=O)CC(C)S2. The van der Waals surface area contributed by atoms with Crippen LogP contribution in [0.3, 0.4) is 0 Å². The topological polar surface area (TPSA) is 75.3 Å². The lowest BCUT2D eigenvalue weighted by molar-refractivity contribution is -0.116. The molecule has 0 aromatic heterocycles. The second-order valence-corrected chi connectivity index (χ2v) is 9.43. The summed E-state index contributed by atoms with van der Waals surface area (Å²) in [6, 6.07) is 9.79. The number of hydrogen-bond donors (Lipinski definition) is 2. The molecule has 1 atom stereocenters. The number of hydrogen-bond acceptors (Lipinski definition) is 4. The fourth-order valence-electron chi connectivity index (χ4n) is 2.52.